The van der Waals surface area contributed by atoms with Gasteiger partial charge in [-0.2, -0.15) is 10.5 Å². The maximum absolute atomic E-state index is 12.9. The topological polar surface area (TPSA) is 47.6 Å². The van der Waals surface area contributed by atoms with Crippen LogP contribution >= 0.6 is 0 Å². The van der Waals surface area contributed by atoms with Gasteiger partial charge in [-0.3, -0.25) is 0 Å². The van der Waals surface area contributed by atoms with E-state index in [0.29, 0.717) is 11.1 Å². The minimum absolute atomic E-state index is 0.124. The average molecular weight is 266 g/mol. The quantitative estimate of drug-likeness (QED) is 0.611. The number of nitrogens with zero attached hydrogens (tertiary/aromatic N) is 2. The Morgan fingerprint density at radius 1 is 0.650 bits per heavy atom. The second-order valence-corrected chi connectivity index (χ2v) is 3.99. The largest absolute Gasteiger partial charge is 0.207 e. The van der Waals surface area contributed by atoms with Crippen molar-refractivity contribution in [3.05, 3.63) is 71.3 Å². The molecule has 2 aromatic rings. The molecule has 0 atom stereocenters. The number of benzene rings is 2. The molecule has 0 radical (unpaired) electrons. The van der Waals surface area contributed by atoms with Gasteiger partial charge in [0.25, 0.3) is 0 Å². The molecule has 20 heavy (non-hydrogen) atoms. The van der Waals surface area contributed by atoms with Gasteiger partial charge in [-0.25, -0.2) is 8.78 Å². The van der Waals surface area contributed by atoms with Crippen LogP contribution in [-0.2, 0) is 0 Å². The van der Waals surface area contributed by atoms with E-state index in [-0.39, 0.29) is 11.1 Å². The monoisotopic (exact) mass is 266 g/mol. The first-order valence-corrected chi connectivity index (χ1v) is 5.72. The SMILES string of the molecule is N#C/C(=C(\C#N)c1ccc(F)cc1)c1ccc(F)cc1. The first-order chi connectivity index (χ1) is 9.65. The molecule has 0 N–H and O–H groups in total. The van der Waals surface area contributed by atoms with Crippen LogP contribution < -0.4 is 0 Å². The van der Waals surface area contributed by atoms with E-state index in [1.807, 2.05) is 12.1 Å². The lowest BCUT2D eigenvalue weighted by atomic mass is 9.96. The van der Waals surface area contributed by atoms with Crippen LogP contribution in [0.15, 0.2) is 48.5 Å². The van der Waals surface area contributed by atoms with Crippen molar-refractivity contribution in [1.82, 2.24) is 0 Å². The molecule has 0 spiro atoms. The van der Waals surface area contributed by atoms with E-state index in [4.69, 9.17) is 0 Å². The highest BCUT2D eigenvalue weighted by atomic mass is 19.1. The summed E-state index contributed by atoms with van der Waals surface area (Å²) in [5, 5.41) is 18.5. The van der Waals surface area contributed by atoms with E-state index in [1.54, 1.807) is 0 Å². The van der Waals surface area contributed by atoms with Crippen molar-refractivity contribution in [3.63, 3.8) is 0 Å². The smallest absolute Gasteiger partial charge is 0.123 e. The molecule has 0 heterocycles. The Labute approximate surface area is 114 Å². The zero-order chi connectivity index (χ0) is 14.5. The van der Waals surface area contributed by atoms with Crippen LogP contribution in [-0.4, -0.2) is 0 Å². The summed E-state index contributed by atoms with van der Waals surface area (Å²) in [6, 6.07) is 14.4. The van der Waals surface area contributed by atoms with Crippen LogP contribution in [0.5, 0.6) is 0 Å². The summed E-state index contributed by atoms with van der Waals surface area (Å²) in [6.45, 7) is 0. The Hall–Kier alpha value is -2.98. The van der Waals surface area contributed by atoms with Gasteiger partial charge in [0, 0.05) is 0 Å². The average Bonchev–Trinajstić information content (AvgIpc) is 2.47. The van der Waals surface area contributed by atoms with Crippen molar-refractivity contribution in [2.45, 2.75) is 0 Å². The normalized spacial score (nSPS) is 11.2. The third-order valence-electron chi connectivity index (χ3n) is 2.74. The first kappa shape index (κ1) is 13.5. The molecule has 0 saturated heterocycles. The maximum Gasteiger partial charge on any atom is 0.123 e. The van der Waals surface area contributed by atoms with Crippen molar-refractivity contribution < 1.29 is 8.78 Å². The molecular formula is C16H8F2N2. The fraction of sp³-hybridized carbons (Fsp3) is 0. The number of rotatable bonds is 2. The van der Waals surface area contributed by atoms with Crippen LogP contribution in [0, 0.1) is 34.3 Å². The summed E-state index contributed by atoms with van der Waals surface area (Å²) in [6.07, 6.45) is 0. The standard InChI is InChI=1S/C16H8F2N2/c17-13-5-1-11(2-6-13)15(9-19)16(10-20)12-3-7-14(18)8-4-12/h1-8H/b16-15-. The summed E-state index contributed by atoms with van der Waals surface area (Å²) in [4.78, 5) is 0. The van der Waals surface area contributed by atoms with E-state index >= 15 is 0 Å². The molecule has 2 nitrogen and oxygen atoms in total. The van der Waals surface area contributed by atoms with Gasteiger partial charge in [-0.15, -0.1) is 0 Å². The summed E-state index contributed by atoms with van der Waals surface area (Å²) in [5.41, 5.74) is 1.13. The fourth-order valence-electron chi connectivity index (χ4n) is 1.76. The summed E-state index contributed by atoms with van der Waals surface area (Å²) >= 11 is 0. The minimum atomic E-state index is -0.425. The molecule has 0 aliphatic heterocycles. The summed E-state index contributed by atoms with van der Waals surface area (Å²) < 4.78 is 25.8. The van der Waals surface area contributed by atoms with Gasteiger partial charge >= 0.3 is 0 Å². The van der Waals surface area contributed by atoms with E-state index in [1.165, 1.54) is 48.5 Å². The van der Waals surface area contributed by atoms with Crippen molar-refractivity contribution >= 4 is 11.1 Å². The Morgan fingerprint density at radius 3 is 1.20 bits per heavy atom. The molecule has 0 aromatic heterocycles. The first-order valence-electron chi connectivity index (χ1n) is 5.72. The molecule has 0 aliphatic carbocycles. The lowest BCUT2D eigenvalue weighted by molar-refractivity contribution is 0.627. The molecular weight excluding hydrogens is 258 g/mol. The van der Waals surface area contributed by atoms with Gasteiger partial charge in [0.1, 0.15) is 23.8 Å². The molecule has 0 aliphatic rings. The number of halogens is 2. The van der Waals surface area contributed by atoms with Crippen LogP contribution in [0.4, 0.5) is 8.78 Å². The Balaban J connectivity index is 2.60. The van der Waals surface area contributed by atoms with E-state index in [0.717, 1.165) is 0 Å². The zero-order valence-electron chi connectivity index (χ0n) is 10.3. The van der Waals surface area contributed by atoms with E-state index < -0.39 is 11.6 Å². The third-order valence-corrected chi connectivity index (χ3v) is 2.74. The van der Waals surface area contributed by atoms with Gasteiger partial charge in [0.2, 0.25) is 0 Å². The van der Waals surface area contributed by atoms with Gasteiger partial charge in [0.15, 0.2) is 0 Å². The maximum atomic E-state index is 12.9. The van der Waals surface area contributed by atoms with Crippen molar-refractivity contribution in [1.29, 1.82) is 10.5 Å². The van der Waals surface area contributed by atoms with Crippen molar-refractivity contribution in [3.8, 4) is 12.1 Å². The third kappa shape index (κ3) is 2.71. The zero-order valence-corrected chi connectivity index (χ0v) is 10.3. The van der Waals surface area contributed by atoms with Crippen molar-refractivity contribution in [2.24, 2.45) is 0 Å². The van der Waals surface area contributed by atoms with Crippen LogP contribution in [0.1, 0.15) is 11.1 Å². The highest BCUT2D eigenvalue weighted by molar-refractivity contribution is 6.02. The van der Waals surface area contributed by atoms with E-state index in [9.17, 15) is 19.3 Å². The fourth-order valence-corrected chi connectivity index (χ4v) is 1.76. The predicted octanol–water partition coefficient (Wildman–Crippen LogP) is 3.92. The Kier molecular flexibility index (Phi) is 3.88. The Bertz CT molecular complexity index is 665. The number of nitriles is 2. The number of hydrogen-bond donors (Lipinski definition) is 0. The number of hydrogen-bond acceptors (Lipinski definition) is 2. The van der Waals surface area contributed by atoms with Gasteiger partial charge < -0.3 is 0 Å². The number of allylic oxidation sites excluding steroid dienone is 2. The van der Waals surface area contributed by atoms with Gasteiger partial charge in [0.05, 0.1) is 11.1 Å². The van der Waals surface area contributed by atoms with Gasteiger partial charge in [-0.05, 0) is 35.4 Å². The van der Waals surface area contributed by atoms with E-state index in [2.05, 4.69) is 0 Å². The second-order valence-electron chi connectivity index (χ2n) is 3.99. The molecule has 0 saturated carbocycles. The van der Waals surface area contributed by atoms with Crippen LogP contribution in [0.3, 0.4) is 0 Å². The minimum Gasteiger partial charge on any atom is -0.207 e. The lowest BCUT2D eigenvalue weighted by Crippen LogP contribution is -1.90. The molecule has 4 heteroatoms. The molecule has 0 unspecified atom stereocenters. The van der Waals surface area contributed by atoms with Crippen LogP contribution in [0.2, 0.25) is 0 Å². The molecule has 2 rings (SSSR count). The van der Waals surface area contributed by atoms with Crippen LogP contribution in [0.25, 0.3) is 11.1 Å². The highest BCUT2D eigenvalue weighted by Gasteiger charge is 2.11. The molecule has 0 fully saturated rings. The predicted molar refractivity (Wildman–Crippen MR) is 70.8 cm³/mol. The summed E-state index contributed by atoms with van der Waals surface area (Å²) in [7, 11) is 0. The van der Waals surface area contributed by atoms with Crippen molar-refractivity contribution in [2.75, 3.05) is 0 Å². The summed E-state index contributed by atoms with van der Waals surface area (Å²) in [5.74, 6) is -0.849. The Morgan fingerprint density at radius 2 is 0.950 bits per heavy atom. The molecule has 0 bridgehead atoms. The molecule has 96 valence electrons. The highest BCUT2D eigenvalue weighted by Crippen LogP contribution is 2.25. The molecule has 2 aromatic carbocycles. The second kappa shape index (κ2) is 5.77. The lowest BCUT2D eigenvalue weighted by Gasteiger charge is -2.04. The molecule has 0 amide bonds. The van der Waals surface area contributed by atoms with Gasteiger partial charge in [-0.1, -0.05) is 24.3 Å².